The minimum Gasteiger partial charge on any atom is -0.457 e. The van der Waals surface area contributed by atoms with E-state index in [0.717, 1.165) is 37.7 Å². The standard InChI is InChI=1S/C35H34ClN3O5/c36-27-14-8-7-9-22(27)21-39-31(33(41)38-23-10-3-1-4-11-23)35-20-19-28(44-35)29(30(35)34(39)42)32(40)37-24-15-17-26(18-16-24)43-25-12-5-2-6-13-25/h2,5-9,12-20,23,28-31H,1,3-4,10-11,21H2,(H,37,40)(H,38,41)/t28-,29+,30-,31-,35-/m1/s1. The van der Waals surface area contributed by atoms with Gasteiger partial charge in [0.1, 0.15) is 23.1 Å². The number of likely N-dealkylation sites (tertiary alicyclic amines) is 1. The van der Waals surface area contributed by atoms with Gasteiger partial charge in [0.25, 0.3) is 0 Å². The number of para-hydroxylation sites is 1. The first-order chi connectivity index (χ1) is 21.4. The lowest BCUT2D eigenvalue weighted by Gasteiger charge is -2.34. The molecule has 1 spiro atoms. The van der Waals surface area contributed by atoms with Crippen LogP contribution < -0.4 is 15.4 Å². The molecule has 2 bridgehead atoms. The van der Waals surface area contributed by atoms with Crippen molar-refractivity contribution in [2.75, 3.05) is 5.32 Å². The SMILES string of the molecule is O=C(Nc1ccc(Oc2ccccc2)cc1)[C@H]1[C@H]2C=C[C@@]3(O2)[C@H]1C(=O)N(Cc1ccccc1Cl)[C@@H]3C(=O)NC1CCCCC1. The third-order valence-electron chi connectivity index (χ3n) is 9.28. The molecule has 3 amide bonds. The number of amides is 3. The van der Waals surface area contributed by atoms with E-state index in [2.05, 4.69) is 10.6 Å². The Balaban J connectivity index is 1.14. The van der Waals surface area contributed by atoms with Crippen LogP contribution in [0.3, 0.4) is 0 Å². The Hall–Kier alpha value is -4.14. The van der Waals surface area contributed by atoms with Crippen molar-refractivity contribution in [1.82, 2.24) is 10.2 Å². The number of hydrogen-bond acceptors (Lipinski definition) is 5. The van der Waals surface area contributed by atoms with Crippen molar-refractivity contribution in [3.05, 3.63) is 102 Å². The predicted octanol–water partition coefficient (Wildman–Crippen LogP) is 5.87. The van der Waals surface area contributed by atoms with Gasteiger partial charge >= 0.3 is 0 Å². The molecule has 5 atom stereocenters. The fourth-order valence-corrected chi connectivity index (χ4v) is 7.43. The number of carbonyl (C=O) groups excluding carboxylic acids is 3. The zero-order chi connectivity index (χ0) is 30.3. The van der Waals surface area contributed by atoms with E-state index in [1.807, 2.05) is 60.7 Å². The zero-order valence-corrected chi connectivity index (χ0v) is 24.9. The summed E-state index contributed by atoms with van der Waals surface area (Å²) in [6.07, 6.45) is 8.14. The average molecular weight is 612 g/mol. The summed E-state index contributed by atoms with van der Waals surface area (Å²) in [7, 11) is 0. The molecule has 8 nitrogen and oxygen atoms in total. The van der Waals surface area contributed by atoms with Gasteiger partial charge in [0.2, 0.25) is 17.7 Å². The lowest BCUT2D eigenvalue weighted by Crippen LogP contribution is -2.56. The maximum atomic E-state index is 14.3. The summed E-state index contributed by atoms with van der Waals surface area (Å²) in [5.74, 6) is -1.16. The second-order valence-corrected chi connectivity index (χ2v) is 12.4. The molecular weight excluding hydrogens is 578 g/mol. The third-order valence-corrected chi connectivity index (χ3v) is 9.64. The first-order valence-electron chi connectivity index (χ1n) is 15.3. The largest absolute Gasteiger partial charge is 0.457 e. The molecule has 7 rings (SSSR count). The van der Waals surface area contributed by atoms with Gasteiger partial charge in [-0.3, -0.25) is 14.4 Å². The van der Waals surface area contributed by atoms with E-state index in [-0.39, 0.29) is 30.3 Å². The number of hydrogen-bond donors (Lipinski definition) is 2. The molecule has 0 unspecified atom stereocenters. The maximum Gasteiger partial charge on any atom is 0.246 e. The number of rotatable bonds is 8. The van der Waals surface area contributed by atoms with Crippen molar-refractivity contribution in [3.63, 3.8) is 0 Å². The summed E-state index contributed by atoms with van der Waals surface area (Å²) in [4.78, 5) is 43.7. The molecule has 9 heteroatoms. The van der Waals surface area contributed by atoms with Crippen LogP contribution in [0.15, 0.2) is 91.0 Å². The smallest absolute Gasteiger partial charge is 0.246 e. The van der Waals surface area contributed by atoms with Crippen LogP contribution >= 0.6 is 11.6 Å². The monoisotopic (exact) mass is 611 g/mol. The van der Waals surface area contributed by atoms with Gasteiger partial charge in [-0.1, -0.05) is 79.4 Å². The van der Waals surface area contributed by atoms with Crippen LogP contribution in [0.1, 0.15) is 37.7 Å². The molecule has 1 aliphatic carbocycles. The Kier molecular flexibility index (Phi) is 7.64. The maximum absolute atomic E-state index is 14.3. The topological polar surface area (TPSA) is 97.0 Å². The Morgan fingerprint density at radius 1 is 0.909 bits per heavy atom. The fourth-order valence-electron chi connectivity index (χ4n) is 7.23. The number of nitrogens with one attached hydrogen (secondary N) is 2. The highest BCUT2D eigenvalue weighted by atomic mass is 35.5. The van der Waals surface area contributed by atoms with E-state index in [1.165, 1.54) is 0 Å². The van der Waals surface area contributed by atoms with Gasteiger partial charge in [-0.2, -0.15) is 0 Å². The third kappa shape index (κ3) is 5.16. The molecular formula is C35H34ClN3O5. The summed E-state index contributed by atoms with van der Waals surface area (Å²) >= 11 is 6.50. The van der Waals surface area contributed by atoms with Gasteiger partial charge in [-0.15, -0.1) is 0 Å². The predicted molar refractivity (Wildman–Crippen MR) is 166 cm³/mol. The summed E-state index contributed by atoms with van der Waals surface area (Å²) in [5.41, 5.74) is 0.0600. The van der Waals surface area contributed by atoms with Gasteiger partial charge in [-0.05, 0) is 60.9 Å². The van der Waals surface area contributed by atoms with Gasteiger partial charge in [0.05, 0.1) is 17.9 Å². The number of anilines is 1. The Morgan fingerprint density at radius 3 is 2.36 bits per heavy atom. The molecule has 226 valence electrons. The number of fused-ring (bicyclic) bond motifs is 1. The normalized spacial score (nSPS) is 27.3. The molecule has 1 saturated carbocycles. The van der Waals surface area contributed by atoms with Crippen molar-refractivity contribution in [3.8, 4) is 11.5 Å². The van der Waals surface area contributed by atoms with Crippen LogP contribution in [0, 0.1) is 11.8 Å². The second-order valence-electron chi connectivity index (χ2n) is 12.0. The van der Waals surface area contributed by atoms with Crippen molar-refractivity contribution in [1.29, 1.82) is 0 Å². The van der Waals surface area contributed by atoms with Crippen LogP contribution in [0.2, 0.25) is 5.02 Å². The lowest BCUT2D eigenvalue weighted by atomic mass is 9.74. The number of halogens is 1. The molecule has 0 radical (unpaired) electrons. The van der Waals surface area contributed by atoms with Crippen LogP contribution in [0.4, 0.5) is 5.69 Å². The first kappa shape index (κ1) is 28.6. The van der Waals surface area contributed by atoms with Crippen LogP contribution in [-0.2, 0) is 25.7 Å². The van der Waals surface area contributed by atoms with Crippen LogP contribution in [0.5, 0.6) is 11.5 Å². The lowest BCUT2D eigenvalue weighted by molar-refractivity contribution is -0.142. The Labute approximate surface area is 261 Å². The number of carbonyl (C=O) groups is 3. The van der Waals surface area contributed by atoms with Gasteiger partial charge in [-0.25, -0.2) is 0 Å². The average Bonchev–Trinajstić information content (AvgIpc) is 3.68. The quantitative estimate of drug-likeness (QED) is 0.311. The number of benzene rings is 3. The van der Waals surface area contributed by atoms with Gasteiger partial charge < -0.3 is 25.0 Å². The molecule has 2 N–H and O–H groups in total. The van der Waals surface area contributed by atoms with E-state index < -0.39 is 29.6 Å². The summed E-state index contributed by atoms with van der Waals surface area (Å²) in [5, 5.41) is 6.70. The molecule has 0 aromatic heterocycles. The second kappa shape index (κ2) is 11.7. The minimum absolute atomic E-state index is 0.0551. The van der Waals surface area contributed by atoms with Crippen LogP contribution in [-0.4, -0.2) is 46.4 Å². The van der Waals surface area contributed by atoms with E-state index in [9.17, 15) is 14.4 Å². The van der Waals surface area contributed by atoms with Crippen molar-refractivity contribution >= 4 is 35.0 Å². The molecule has 3 aromatic carbocycles. The van der Waals surface area contributed by atoms with E-state index in [4.69, 9.17) is 21.1 Å². The Morgan fingerprint density at radius 2 is 1.61 bits per heavy atom. The molecule has 3 aromatic rings. The number of ether oxygens (including phenoxy) is 2. The van der Waals surface area contributed by atoms with Crippen molar-refractivity contribution < 1.29 is 23.9 Å². The minimum atomic E-state index is -1.24. The molecule has 44 heavy (non-hydrogen) atoms. The van der Waals surface area contributed by atoms with Crippen LogP contribution in [0.25, 0.3) is 0 Å². The number of nitrogens with zero attached hydrogens (tertiary/aromatic N) is 1. The van der Waals surface area contributed by atoms with E-state index >= 15 is 0 Å². The van der Waals surface area contributed by atoms with Gasteiger partial charge in [0.15, 0.2) is 0 Å². The van der Waals surface area contributed by atoms with E-state index in [1.54, 1.807) is 35.2 Å². The highest BCUT2D eigenvalue weighted by molar-refractivity contribution is 6.31. The molecule has 2 saturated heterocycles. The van der Waals surface area contributed by atoms with E-state index in [0.29, 0.717) is 22.2 Å². The molecule has 3 aliphatic heterocycles. The molecule has 3 fully saturated rings. The molecule has 4 aliphatic rings. The van der Waals surface area contributed by atoms with Crippen molar-refractivity contribution in [2.45, 2.75) is 62.4 Å². The fraction of sp³-hybridized carbons (Fsp3) is 0.343. The summed E-state index contributed by atoms with van der Waals surface area (Å²) < 4.78 is 12.4. The van der Waals surface area contributed by atoms with Gasteiger partial charge in [0, 0.05) is 23.3 Å². The highest BCUT2D eigenvalue weighted by Gasteiger charge is 2.72. The summed E-state index contributed by atoms with van der Waals surface area (Å²) in [6, 6.07) is 22.9. The zero-order valence-electron chi connectivity index (χ0n) is 24.2. The molecule has 3 heterocycles. The summed E-state index contributed by atoms with van der Waals surface area (Å²) in [6.45, 7) is 0.137. The van der Waals surface area contributed by atoms with Crippen molar-refractivity contribution in [2.24, 2.45) is 11.8 Å². The Bertz CT molecular complexity index is 1590. The highest BCUT2D eigenvalue weighted by Crippen LogP contribution is 2.55. The first-order valence-corrected chi connectivity index (χ1v) is 15.7.